The summed E-state index contributed by atoms with van der Waals surface area (Å²) in [6.45, 7) is 1.81. The monoisotopic (exact) mass is 217 g/mol. The van der Waals surface area contributed by atoms with Gasteiger partial charge in [-0.05, 0) is 29.5 Å². The zero-order valence-electron chi connectivity index (χ0n) is 8.95. The molecule has 2 aromatic heterocycles. The molecule has 0 bridgehead atoms. The van der Waals surface area contributed by atoms with Crippen LogP contribution in [0, 0.1) is 6.92 Å². The molecule has 2 heterocycles. The maximum absolute atomic E-state index is 4.77. The summed E-state index contributed by atoms with van der Waals surface area (Å²) in [5.74, 6) is 1.36. The smallest absolute Gasteiger partial charge is 0.422 e. The lowest BCUT2D eigenvalue weighted by Gasteiger charge is -2.04. The Bertz CT molecular complexity index is 456. The second-order valence-electron chi connectivity index (χ2n) is 3.04. The molecule has 0 spiro atoms. The standard InChI is InChI=1S/C8H10BN6O/c1-6-12-13-14-15(6)8-4-3-7(5-10-8)11-9-16-2/h3-5,11H,1-2H3. The molecule has 0 saturated heterocycles. The van der Waals surface area contributed by atoms with Gasteiger partial charge in [0.1, 0.15) is 0 Å². The fraction of sp³-hybridized carbons (Fsp3) is 0.250. The zero-order chi connectivity index (χ0) is 11.4. The van der Waals surface area contributed by atoms with E-state index >= 15 is 0 Å². The molecule has 1 radical (unpaired) electrons. The molecule has 8 heteroatoms. The van der Waals surface area contributed by atoms with Gasteiger partial charge in [0.05, 0.1) is 6.20 Å². The van der Waals surface area contributed by atoms with Crippen LogP contribution in [-0.2, 0) is 4.65 Å². The van der Waals surface area contributed by atoms with Crippen LogP contribution < -0.4 is 5.23 Å². The average Bonchev–Trinajstić information content (AvgIpc) is 2.74. The van der Waals surface area contributed by atoms with Crippen LogP contribution in [0.4, 0.5) is 5.69 Å². The normalized spacial score (nSPS) is 10.1. The van der Waals surface area contributed by atoms with Crippen LogP contribution in [0.25, 0.3) is 5.82 Å². The summed E-state index contributed by atoms with van der Waals surface area (Å²) < 4.78 is 6.33. The van der Waals surface area contributed by atoms with E-state index in [9.17, 15) is 0 Å². The van der Waals surface area contributed by atoms with E-state index in [1.807, 2.05) is 19.1 Å². The number of aryl methyl sites for hydroxylation is 1. The van der Waals surface area contributed by atoms with Crippen molar-refractivity contribution >= 4 is 13.3 Å². The molecule has 1 N–H and O–H groups in total. The van der Waals surface area contributed by atoms with E-state index in [0.29, 0.717) is 11.6 Å². The topological polar surface area (TPSA) is 77.8 Å². The van der Waals surface area contributed by atoms with Gasteiger partial charge in [-0.1, -0.05) is 0 Å². The number of rotatable bonds is 4. The SMILES string of the molecule is CO[B]Nc1ccc(-n2nnnc2C)nc1. The first-order valence-electron chi connectivity index (χ1n) is 4.63. The van der Waals surface area contributed by atoms with Crippen molar-refractivity contribution < 1.29 is 4.65 Å². The molecular weight excluding hydrogens is 207 g/mol. The minimum atomic E-state index is 0.672. The van der Waals surface area contributed by atoms with Crippen molar-refractivity contribution in [3.63, 3.8) is 0 Å². The Hall–Kier alpha value is -1.96. The first-order chi connectivity index (χ1) is 7.81. The Morgan fingerprint density at radius 1 is 1.44 bits per heavy atom. The maximum atomic E-state index is 4.77. The molecule has 16 heavy (non-hydrogen) atoms. The maximum Gasteiger partial charge on any atom is 0.435 e. The van der Waals surface area contributed by atoms with E-state index in [1.165, 1.54) is 7.62 Å². The lowest BCUT2D eigenvalue weighted by atomic mass is 10.2. The average molecular weight is 217 g/mol. The first-order valence-corrected chi connectivity index (χ1v) is 4.63. The minimum Gasteiger partial charge on any atom is -0.422 e. The van der Waals surface area contributed by atoms with E-state index in [0.717, 1.165) is 5.69 Å². The highest BCUT2D eigenvalue weighted by molar-refractivity contribution is 6.32. The van der Waals surface area contributed by atoms with Gasteiger partial charge in [0.15, 0.2) is 11.6 Å². The molecule has 0 aliphatic heterocycles. The van der Waals surface area contributed by atoms with Crippen molar-refractivity contribution in [2.24, 2.45) is 0 Å². The highest BCUT2D eigenvalue weighted by Crippen LogP contribution is 2.08. The van der Waals surface area contributed by atoms with E-state index in [2.05, 4.69) is 25.7 Å². The molecule has 0 aliphatic carbocycles. The summed E-state index contributed by atoms with van der Waals surface area (Å²) in [6.07, 6.45) is 1.67. The molecule has 0 saturated carbocycles. The van der Waals surface area contributed by atoms with Gasteiger partial charge in [0.25, 0.3) is 0 Å². The predicted molar refractivity (Wildman–Crippen MR) is 58.1 cm³/mol. The van der Waals surface area contributed by atoms with Gasteiger partial charge in [-0.3, -0.25) is 0 Å². The van der Waals surface area contributed by atoms with Crippen LogP contribution in [-0.4, -0.2) is 39.9 Å². The third kappa shape index (κ3) is 2.17. The molecule has 2 rings (SSSR count). The second kappa shape index (κ2) is 4.71. The lowest BCUT2D eigenvalue weighted by Crippen LogP contribution is -2.09. The molecular formula is C8H10BN6O. The Balaban J connectivity index is 2.16. The van der Waals surface area contributed by atoms with E-state index in [1.54, 1.807) is 18.0 Å². The number of nitrogens with one attached hydrogen (secondary N) is 1. The molecule has 0 amide bonds. The van der Waals surface area contributed by atoms with Crippen molar-refractivity contribution in [3.8, 4) is 5.82 Å². The Morgan fingerprint density at radius 2 is 2.31 bits per heavy atom. The van der Waals surface area contributed by atoms with E-state index < -0.39 is 0 Å². The molecule has 2 aromatic rings. The van der Waals surface area contributed by atoms with E-state index in [-0.39, 0.29) is 0 Å². The molecule has 7 nitrogen and oxygen atoms in total. The van der Waals surface area contributed by atoms with Crippen molar-refractivity contribution in [2.75, 3.05) is 12.3 Å². The van der Waals surface area contributed by atoms with Crippen LogP contribution >= 0.6 is 0 Å². The van der Waals surface area contributed by atoms with Crippen molar-refractivity contribution in [3.05, 3.63) is 24.2 Å². The van der Waals surface area contributed by atoms with Crippen LogP contribution in [0.1, 0.15) is 5.82 Å². The third-order valence-electron chi connectivity index (χ3n) is 1.93. The van der Waals surface area contributed by atoms with Crippen molar-refractivity contribution in [1.82, 2.24) is 25.2 Å². The highest BCUT2D eigenvalue weighted by Gasteiger charge is 2.04. The largest absolute Gasteiger partial charge is 0.435 e. The molecule has 0 fully saturated rings. The van der Waals surface area contributed by atoms with Gasteiger partial charge in [0, 0.05) is 12.8 Å². The Labute approximate surface area is 93.1 Å². The number of anilines is 1. The van der Waals surface area contributed by atoms with Gasteiger partial charge in [-0.25, -0.2) is 4.98 Å². The number of hydrogen-bond donors (Lipinski definition) is 1. The number of aromatic nitrogens is 5. The molecule has 0 aromatic carbocycles. The molecule has 81 valence electrons. The van der Waals surface area contributed by atoms with Crippen molar-refractivity contribution in [1.29, 1.82) is 0 Å². The van der Waals surface area contributed by atoms with Crippen LogP contribution in [0.3, 0.4) is 0 Å². The number of nitrogens with zero attached hydrogens (tertiary/aromatic N) is 5. The summed E-state index contributed by atoms with van der Waals surface area (Å²) in [5.41, 5.74) is 0.830. The van der Waals surface area contributed by atoms with Gasteiger partial charge in [-0.2, -0.15) is 4.68 Å². The zero-order valence-corrected chi connectivity index (χ0v) is 8.95. The molecule has 0 aliphatic rings. The van der Waals surface area contributed by atoms with Crippen LogP contribution in [0.15, 0.2) is 18.3 Å². The lowest BCUT2D eigenvalue weighted by molar-refractivity contribution is 0.446. The summed E-state index contributed by atoms with van der Waals surface area (Å²) in [6, 6.07) is 3.67. The summed E-state index contributed by atoms with van der Waals surface area (Å²) in [5, 5.41) is 14.1. The highest BCUT2D eigenvalue weighted by atomic mass is 16.4. The van der Waals surface area contributed by atoms with Gasteiger partial charge in [-0.15, -0.1) is 5.10 Å². The fourth-order valence-corrected chi connectivity index (χ4v) is 1.17. The first kappa shape index (κ1) is 10.6. The number of hydrogen-bond acceptors (Lipinski definition) is 6. The summed E-state index contributed by atoms with van der Waals surface area (Å²) >= 11 is 0. The van der Waals surface area contributed by atoms with Crippen molar-refractivity contribution in [2.45, 2.75) is 6.92 Å². The third-order valence-corrected chi connectivity index (χ3v) is 1.93. The summed E-state index contributed by atoms with van der Waals surface area (Å²) in [7, 11) is 3.04. The quantitative estimate of drug-likeness (QED) is 0.724. The van der Waals surface area contributed by atoms with Crippen LogP contribution in [0.5, 0.6) is 0 Å². The summed E-state index contributed by atoms with van der Waals surface area (Å²) in [4.78, 5) is 4.22. The fourth-order valence-electron chi connectivity index (χ4n) is 1.17. The number of pyridine rings is 1. The van der Waals surface area contributed by atoms with Gasteiger partial charge in [0.2, 0.25) is 0 Å². The Kier molecular flexibility index (Phi) is 3.11. The van der Waals surface area contributed by atoms with E-state index in [4.69, 9.17) is 4.65 Å². The van der Waals surface area contributed by atoms with Gasteiger partial charge < -0.3 is 9.88 Å². The number of tetrazole rings is 1. The minimum absolute atomic E-state index is 0.672. The molecule has 0 atom stereocenters. The Morgan fingerprint density at radius 3 is 2.88 bits per heavy atom. The molecule has 0 unspecified atom stereocenters. The second-order valence-corrected chi connectivity index (χ2v) is 3.04. The predicted octanol–water partition coefficient (Wildman–Crippen LogP) is -0.0418. The van der Waals surface area contributed by atoms with Crippen LogP contribution in [0.2, 0.25) is 0 Å². The van der Waals surface area contributed by atoms with Gasteiger partial charge >= 0.3 is 7.62 Å².